The van der Waals surface area contributed by atoms with Crippen molar-refractivity contribution in [3.8, 4) is 5.75 Å². The van der Waals surface area contributed by atoms with E-state index in [1.165, 1.54) is 0 Å². The van der Waals surface area contributed by atoms with E-state index in [9.17, 15) is 4.79 Å². The lowest BCUT2D eigenvalue weighted by Crippen LogP contribution is -2.33. The minimum absolute atomic E-state index is 0.0474. The van der Waals surface area contributed by atoms with Gasteiger partial charge in [-0.05, 0) is 31.0 Å². The zero-order chi connectivity index (χ0) is 13.1. The van der Waals surface area contributed by atoms with Gasteiger partial charge >= 0.3 is 0 Å². The van der Waals surface area contributed by atoms with Gasteiger partial charge in [-0.2, -0.15) is 0 Å². The van der Waals surface area contributed by atoms with E-state index >= 15 is 0 Å². The SMILES string of the molecule is C=CCN(C(=O)c1cc(OC)ccc1N)C1CC1. The summed E-state index contributed by atoms with van der Waals surface area (Å²) in [6.45, 7) is 4.25. The molecule has 0 aromatic heterocycles. The number of benzene rings is 1. The molecule has 0 aliphatic heterocycles. The molecule has 96 valence electrons. The van der Waals surface area contributed by atoms with Gasteiger partial charge in [-0.25, -0.2) is 0 Å². The third-order valence-electron chi connectivity index (χ3n) is 3.07. The molecule has 4 heteroatoms. The minimum atomic E-state index is -0.0474. The number of nitrogen functional groups attached to an aromatic ring is 1. The summed E-state index contributed by atoms with van der Waals surface area (Å²) in [4.78, 5) is 14.3. The first kappa shape index (κ1) is 12.5. The monoisotopic (exact) mass is 246 g/mol. The standard InChI is InChI=1S/C14H18N2O2/c1-3-8-16(10-4-5-10)14(17)12-9-11(18-2)6-7-13(12)15/h3,6-7,9-10H,1,4-5,8,15H2,2H3. The third-order valence-corrected chi connectivity index (χ3v) is 3.07. The van der Waals surface area contributed by atoms with E-state index in [-0.39, 0.29) is 5.91 Å². The highest BCUT2D eigenvalue weighted by Gasteiger charge is 2.32. The normalized spacial score (nSPS) is 14.1. The Kier molecular flexibility index (Phi) is 3.55. The van der Waals surface area contributed by atoms with Gasteiger partial charge in [0.05, 0.1) is 12.7 Å². The number of nitrogens with two attached hydrogens (primary N) is 1. The number of rotatable bonds is 5. The fourth-order valence-corrected chi connectivity index (χ4v) is 1.93. The molecule has 0 saturated heterocycles. The summed E-state index contributed by atoms with van der Waals surface area (Å²) >= 11 is 0. The van der Waals surface area contributed by atoms with Crippen molar-refractivity contribution in [3.63, 3.8) is 0 Å². The highest BCUT2D eigenvalue weighted by Crippen LogP contribution is 2.30. The van der Waals surface area contributed by atoms with Gasteiger partial charge in [0.1, 0.15) is 5.75 Å². The first-order valence-corrected chi connectivity index (χ1v) is 6.02. The van der Waals surface area contributed by atoms with E-state index in [1.54, 1.807) is 31.4 Å². The molecular weight excluding hydrogens is 228 g/mol. The summed E-state index contributed by atoms with van der Waals surface area (Å²) in [6.07, 6.45) is 3.86. The van der Waals surface area contributed by atoms with E-state index in [4.69, 9.17) is 10.5 Å². The summed E-state index contributed by atoms with van der Waals surface area (Å²) in [5, 5.41) is 0. The van der Waals surface area contributed by atoms with Crippen molar-refractivity contribution >= 4 is 11.6 Å². The molecule has 18 heavy (non-hydrogen) atoms. The second kappa shape index (κ2) is 5.12. The highest BCUT2D eigenvalue weighted by atomic mass is 16.5. The highest BCUT2D eigenvalue weighted by molar-refractivity contribution is 6.00. The van der Waals surface area contributed by atoms with Gasteiger partial charge < -0.3 is 15.4 Å². The van der Waals surface area contributed by atoms with Gasteiger partial charge in [0.2, 0.25) is 0 Å². The molecule has 0 unspecified atom stereocenters. The summed E-state index contributed by atoms with van der Waals surface area (Å²) in [5.41, 5.74) is 6.86. The predicted molar refractivity (Wildman–Crippen MR) is 71.7 cm³/mol. The summed E-state index contributed by atoms with van der Waals surface area (Å²) in [6, 6.07) is 5.48. The van der Waals surface area contributed by atoms with Crippen molar-refractivity contribution in [2.75, 3.05) is 19.4 Å². The molecule has 0 radical (unpaired) electrons. The average molecular weight is 246 g/mol. The van der Waals surface area contributed by atoms with Crippen molar-refractivity contribution < 1.29 is 9.53 Å². The number of methoxy groups -OCH3 is 1. The Labute approximate surface area is 107 Å². The van der Waals surface area contributed by atoms with Crippen LogP contribution in [0.25, 0.3) is 0 Å². The molecule has 1 aliphatic rings. The molecule has 1 saturated carbocycles. The molecular formula is C14H18N2O2. The molecule has 1 aromatic carbocycles. The van der Waals surface area contributed by atoms with E-state index in [1.807, 2.05) is 4.90 Å². The zero-order valence-electron chi connectivity index (χ0n) is 10.6. The maximum atomic E-state index is 12.4. The van der Waals surface area contributed by atoms with Crippen molar-refractivity contribution in [1.29, 1.82) is 0 Å². The van der Waals surface area contributed by atoms with E-state index in [2.05, 4.69) is 6.58 Å². The number of nitrogens with zero attached hydrogens (tertiary/aromatic N) is 1. The molecule has 0 bridgehead atoms. The molecule has 1 amide bonds. The van der Waals surface area contributed by atoms with Gasteiger partial charge in [0.15, 0.2) is 0 Å². The number of carbonyl (C=O) groups excluding carboxylic acids is 1. The van der Waals surface area contributed by atoms with Crippen LogP contribution in [0.15, 0.2) is 30.9 Å². The lowest BCUT2D eigenvalue weighted by atomic mass is 10.1. The van der Waals surface area contributed by atoms with E-state index < -0.39 is 0 Å². The first-order valence-electron chi connectivity index (χ1n) is 6.02. The van der Waals surface area contributed by atoms with Gasteiger partial charge in [0, 0.05) is 18.3 Å². The van der Waals surface area contributed by atoms with Crippen LogP contribution in [0.1, 0.15) is 23.2 Å². The zero-order valence-corrected chi connectivity index (χ0v) is 10.6. The Morgan fingerprint density at radius 1 is 1.61 bits per heavy atom. The van der Waals surface area contributed by atoms with Gasteiger partial charge in [-0.3, -0.25) is 4.79 Å². The molecule has 2 rings (SSSR count). The van der Waals surface area contributed by atoms with Crippen LogP contribution >= 0.6 is 0 Å². The van der Waals surface area contributed by atoms with Crippen LogP contribution < -0.4 is 10.5 Å². The Balaban J connectivity index is 2.28. The summed E-state index contributed by atoms with van der Waals surface area (Å²) in [7, 11) is 1.57. The Morgan fingerprint density at radius 2 is 2.33 bits per heavy atom. The smallest absolute Gasteiger partial charge is 0.256 e. The second-order valence-electron chi connectivity index (χ2n) is 4.43. The van der Waals surface area contributed by atoms with Crippen LogP contribution in [0.3, 0.4) is 0 Å². The first-order chi connectivity index (χ1) is 8.67. The topological polar surface area (TPSA) is 55.6 Å². The largest absolute Gasteiger partial charge is 0.497 e. The van der Waals surface area contributed by atoms with Crippen LogP contribution in [0, 0.1) is 0 Å². The Bertz CT molecular complexity index is 467. The quantitative estimate of drug-likeness (QED) is 0.639. The van der Waals surface area contributed by atoms with Crippen LogP contribution in [0.4, 0.5) is 5.69 Å². The van der Waals surface area contributed by atoms with Gasteiger partial charge in [-0.1, -0.05) is 6.08 Å². The number of hydrogen-bond donors (Lipinski definition) is 1. The number of ether oxygens (including phenoxy) is 1. The molecule has 2 N–H and O–H groups in total. The van der Waals surface area contributed by atoms with Crippen molar-refractivity contribution in [2.45, 2.75) is 18.9 Å². The van der Waals surface area contributed by atoms with E-state index in [0.29, 0.717) is 29.6 Å². The maximum absolute atomic E-state index is 12.4. The molecule has 1 aromatic rings. The maximum Gasteiger partial charge on any atom is 0.256 e. The van der Waals surface area contributed by atoms with Crippen LogP contribution in [-0.4, -0.2) is 30.5 Å². The van der Waals surface area contributed by atoms with Crippen LogP contribution in [0.2, 0.25) is 0 Å². The molecule has 4 nitrogen and oxygen atoms in total. The average Bonchev–Trinajstić information content (AvgIpc) is 3.20. The lowest BCUT2D eigenvalue weighted by molar-refractivity contribution is 0.0763. The summed E-state index contributed by atoms with van der Waals surface area (Å²) in [5.74, 6) is 0.593. The van der Waals surface area contributed by atoms with Gasteiger partial charge in [0.25, 0.3) is 5.91 Å². The summed E-state index contributed by atoms with van der Waals surface area (Å²) < 4.78 is 5.13. The van der Waals surface area contributed by atoms with Gasteiger partial charge in [-0.15, -0.1) is 6.58 Å². The predicted octanol–water partition coefficient (Wildman–Crippen LogP) is 2.07. The number of carbonyl (C=O) groups is 1. The van der Waals surface area contributed by atoms with Crippen LogP contribution in [-0.2, 0) is 0 Å². The molecule has 0 spiro atoms. The van der Waals surface area contributed by atoms with Crippen molar-refractivity contribution in [3.05, 3.63) is 36.4 Å². The lowest BCUT2D eigenvalue weighted by Gasteiger charge is -2.21. The van der Waals surface area contributed by atoms with E-state index in [0.717, 1.165) is 12.8 Å². The Morgan fingerprint density at radius 3 is 2.89 bits per heavy atom. The van der Waals surface area contributed by atoms with Crippen molar-refractivity contribution in [1.82, 2.24) is 4.90 Å². The second-order valence-corrected chi connectivity index (χ2v) is 4.43. The number of anilines is 1. The fraction of sp³-hybridized carbons (Fsp3) is 0.357. The molecule has 1 fully saturated rings. The number of hydrogen-bond acceptors (Lipinski definition) is 3. The number of amides is 1. The minimum Gasteiger partial charge on any atom is -0.497 e. The molecule has 1 aliphatic carbocycles. The van der Waals surface area contributed by atoms with Crippen molar-refractivity contribution in [2.24, 2.45) is 0 Å². The Hall–Kier alpha value is -1.97. The third kappa shape index (κ3) is 2.47. The molecule has 0 heterocycles. The molecule has 0 atom stereocenters. The van der Waals surface area contributed by atoms with Crippen LogP contribution in [0.5, 0.6) is 5.75 Å². The fourth-order valence-electron chi connectivity index (χ4n) is 1.93.